The van der Waals surface area contributed by atoms with Crippen LogP contribution in [0.3, 0.4) is 0 Å². The third-order valence-corrected chi connectivity index (χ3v) is 4.44. The van der Waals surface area contributed by atoms with Crippen molar-refractivity contribution in [2.45, 2.75) is 19.6 Å². The lowest BCUT2D eigenvalue weighted by Gasteiger charge is -2.06. The lowest BCUT2D eigenvalue weighted by molar-refractivity contribution is -0.137. The minimum absolute atomic E-state index is 0.0296. The van der Waals surface area contributed by atoms with Gasteiger partial charge < -0.3 is 9.09 Å². The molecule has 0 atom stereocenters. The maximum Gasteiger partial charge on any atom is 0.416 e. The lowest BCUT2D eigenvalue weighted by atomic mass is 10.1. The summed E-state index contributed by atoms with van der Waals surface area (Å²) >= 11 is 0. The van der Waals surface area contributed by atoms with E-state index in [1.165, 1.54) is 12.1 Å². The highest BCUT2D eigenvalue weighted by molar-refractivity contribution is 5.82. The highest BCUT2D eigenvalue weighted by Gasteiger charge is 2.30. The molecule has 140 valence electrons. The zero-order valence-corrected chi connectivity index (χ0v) is 14.7. The van der Waals surface area contributed by atoms with Crippen LogP contribution in [0.15, 0.2) is 53.1 Å². The Bertz CT molecular complexity index is 1210. The van der Waals surface area contributed by atoms with Crippen molar-refractivity contribution in [2.75, 3.05) is 0 Å². The largest absolute Gasteiger partial charge is 0.416 e. The van der Waals surface area contributed by atoms with Crippen molar-refractivity contribution in [3.05, 3.63) is 71.2 Å². The van der Waals surface area contributed by atoms with Crippen LogP contribution in [-0.4, -0.2) is 14.7 Å². The third kappa shape index (κ3) is 3.22. The van der Waals surface area contributed by atoms with E-state index < -0.39 is 11.7 Å². The summed E-state index contributed by atoms with van der Waals surface area (Å²) in [7, 11) is 0. The van der Waals surface area contributed by atoms with E-state index in [0.717, 1.165) is 28.7 Å². The van der Waals surface area contributed by atoms with Gasteiger partial charge in [-0.2, -0.15) is 23.4 Å². The molecular formula is C20H13F3N4O. The second-order valence-corrected chi connectivity index (χ2v) is 6.35. The van der Waals surface area contributed by atoms with Crippen LogP contribution < -0.4 is 0 Å². The number of fused-ring (bicyclic) bond motifs is 1. The Morgan fingerprint density at radius 2 is 1.96 bits per heavy atom. The van der Waals surface area contributed by atoms with Crippen LogP contribution in [0.4, 0.5) is 13.2 Å². The molecule has 28 heavy (non-hydrogen) atoms. The first-order chi connectivity index (χ1) is 13.3. The molecule has 4 aromatic rings. The van der Waals surface area contributed by atoms with Gasteiger partial charge in [0.15, 0.2) is 5.82 Å². The normalized spacial score (nSPS) is 11.7. The van der Waals surface area contributed by atoms with E-state index in [1.807, 2.05) is 23.6 Å². The van der Waals surface area contributed by atoms with Gasteiger partial charge in [0, 0.05) is 22.2 Å². The van der Waals surface area contributed by atoms with Crippen LogP contribution in [0.25, 0.3) is 22.4 Å². The Hall–Kier alpha value is -3.60. The molecule has 0 bridgehead atoms. The molecule has 2 aromatic carbocycles. The first kappa shape index (κ1) is 17.8. The molecule has 0 saturated heterocycles. The molecule has 4 rings (SSSR count). The number of aromatic nitrogens is 3. The molecule has 0 aliphatic carbocycles. The second kappa shape index (κ2) is 6.53. The summed E-state index contributed by atoms with van der Waals surface area (Å²) in [6.07, 6.45) is -4.44. The molecule has 0 radical (unpaired) electrons. The van der Waals surface area contributed by atoms with Gasteiger partial charge in [0.2, 0.25) is 0 Å². The Morgan fingerprint density at radius 3 is 2.71 bits per heavy atom. The van der Waals surface area contributed by atoms with Crippen molar-refractivity contribution >= 4 is 10.9 Å². The number of alkyl halides is 3. The van der Waals surface area contributed by atoms with Gasteiger partial charge in [-0.05, 0) is 49.4 Å². The Morgan fingerprint density at radius 1 is 1.14 bits per heavy atom. The van der Waals surface area contributed by atoms with E-state index >= 15 is 0 Å². The summed E-state index contributed by atoms with van der Waals surface area (Å²) in [5, 5.41) is 13.8. The number of aryl methyl sites for hydroxylation is 1. The molecule has 0 aliphatic rings. The molecule has 0 spiro atoms. The summed E-state index contributed by atoms with van der Waals surface area (Å²) in [5.74, 6) is 0.374. The Labute approximate surface area is 157 Å². The first-order valence-corrected chi connectivity index (χ1v) is 8.35. The van der Waals surface area contributed by atoms with Gasteiger partial charge in [0.25, 0.3) is 5.89 Å². The summed E-state index contributed by atoms with van der Waals surface area (Å²) in [6.45, 7) is 2.21. The van der Waals surface area contributed by atoms with E-state index in [-0.39, 0.29) is 11.5 Å². The quantitative estimate of drug-likeness (QED) is 0.503. The number of halogens is 3. The van der Waals surface area contributed by atoms with Crippen molar-refractivity contribution in [3.8, 4) is 17.5 Å². The molecule has 0 amide bonds. The van der Waals surface area contributed by atoms with Gasteiger partial charge in [0.1, 0.15) is 0 Å². The third-order valence-electron chi connectivity index (χ3n) is 4.44. The molecule has 0 N–H and O–H groups in total. The van der Waals surface area contributed by atoms with Crippen LogP contribution in [0.1, 0.15) is 22.6 Å². The second-order valence-electron chi connectivity index (χ2n) is 6.35. The summed E-state index contributed by atoms with van der Waals surface area (Å²) < 4.78 is 45.8. The fraction of sp³-hybridized carbons (Fsp3) is 0.150. The molecule has 0 saturated carbocycles. The van der Waals surface area contributed by atoms with E-state index in [0.29, 0.717) is 17.9 Å². The van der Waals surface area contributed by atoms with Crippen molar-refractivity contribution in [2.24, 2.45) is 0 Å². The average Bonchev–Trinajstić information content (AvgIpc) is 3.26. The van der Waals surface area contributed by atoms with Gasteiger partial charge in [-0.3, -0.25) is 0 Å². The molecule has 2 heterocycles. The standard InChI is InChI=1S/C20H13F3N4O/c1-12-7-15-8-13(10-24)5-6-17(15)27(12)11-18-25-19(28-26-18)14-3-2-4-16(9-14)20(21,22)23/h2-9H,11H2,1H3. The van der Waals surface area contributed by atoms with Gasteiger partial charge in [-0.1, -0.05) is 11.2 Å². The smallest absolute Gasteiger partial charge is 0.337 e. The Balaban J connectivity index is 1.66. The van der Waals surface area contributed by atoms with Crippen molar-refractivity contribution in [1.82, 2.24) is 14.7 Å². The van der Waals surface area contributed by atoms with Gasteiger partial charge in [-0.25, -0.2) is 0 Å². The van der Waals surface area contributed by atoms with E-state index in [9.17, 15) is 13.2 Å². The molecule has 0 fully saturated rings. The zero-order valence-electron chi connectivity index (χ0n) is 14.7. The fourth-order valence-electron chi connectivity index (χ4n) is 3.09. The predicted octanol–water partition coefficient (Wildman–Crippen LogP) is 4.94. The fourth-order valence-corrected chi connectivity index (χ4v) is 3.09. The van der Waals surface area contributed by atoms with Crippen LogP contribution in [-0.2, 0) is 12.7 Å². The highest BCUT2D eigenvalue weighted by atomic mass is 19.4. The average molecular weight is 382 g/mol. The minimum Gasteiger partial charge on any atom is -0.337 e. The van der Waals surface area contributed by atoms with E-state index in [2.05, 4.69) is 16.2 Å². The number of nitriles is 1. The zero-order chi connectivity index (χ0) is 19.9. The maximum absolute atomic E-state index is 12.9. The van der Waals surface area contributed by atoms with Crippen LogP contribution in [0, 0.1) is 18.3 Å². The monoisotopic (exact) mass is 382 g/mol. The van der Waals surface area contributed by atoms with Crippen LogP contribution >= 0.6 is 0 Å². The topological polar surface area (TPSA) is 67.6 Å². The first-order valence-electron chi connectivity index (χ1n) is 8.35. The molecule has 0 unspecified atom stereocenters. The number of rotatable bonds is 3. The summed E-state index contributed by atoms with van der Waals surface area (Å²) in [6, 6.07) is 14.2. The lowest BCUT2D eigenvalue weighted by Crippen LogP contribution is -2.04. The van der Waals surface area contributed by atoms with Crippen LogP contribution in [0.5, 0.6) is 0 Å². The van der Waals surface area contributed by atoms with Crippen molar-refractivity contribution in [3.63, 3.8) is 0 Å². The minimum atomic E-state index is -4.44. The SMILES string of the molecule is Cc1cc2cc(C#N)ccc2n1Cc1noc(-c2cccc(C(F)(F)F)c2)n1. The van der Waals surface area contributed by atoms with Crippen LogP contribution in [0.2, 0.25) is 0 Å². The van der Waals surface area contributed by atoms with Crippen molar-refractivity contribution in [1.29, 1.82) is 5.26 Å². The number of hydrogen-bond acceptors (Lipinski definition) is 4. The van der Waals surface area contributed by atoms with Gasteiger partial charge >= 0.3 is 6.18 Å². The van der Waals surface area contributed by atoms with Crippen molar-refractivity contribution < 1.29 is 17.7 Å². The van der Waals surface area contributed by atoms with Gasteiger partial charge in [0.05, 0.1) is 23.7 Å². The predicted molar refractivity (Wildman–Crippen MR) is 95.2 cm³/mol. The molecule has 0 aliphatic heterocycles. The molecule has 8 heteroatoms. The summed E-state index contributed by atoms with van der Waals surface area (Å²) in [5.41, 5.74) is 1.85. The molecule has 5 nitrogen and oxygen atoms in total. The summed E-state index contributed by atoms with van der Waals surface area (Å²) in [4.78, 5) is 4.24. The van der Waals surface area contributed by atoms with Gasteiger partial charge in [-0.15, -0.1) is 0 Å². The number of hydrogen-bond donors (Lipinski definition) is 0. The number of benzene rings is 2. The molecule has 2 aromatic heterocycles. The maximum atomic E-state index is 12.9. The van der Waals surface area contributed by atoms with E-state index in [4.69, 9.17) is 9.78 Å². The Kier molecular flexibility index (Phi) is 4.15. The number of nitrogens with zero attached hydrogens (tertiary/aromatic N) is 4. The molecular weight excluding hydrogens is 369 g/mol. The van der Waals surface area contributed by atoms with E-state index in [1.54, 1.807) is 12.1 Å². The highest BCUT2D eigenvalue weighted by Crippen LogP contribution is 2.32.